The van der Waals surface area contributed by atoms with E-state index in [4.69, 9.17) is 9.47 Å². The quantitative estimate of drug-likeness (QED) is 0.742. The van der Waals surface area contributed by atoms with Crippen LogP contribution in [0.25, 0.3) is 0 Å². The number of methoxy groups -OCH3 is 1. The van der Waals surface area contributed by atoms with Gasteiger partial charge in [-0.05, 0) is 36.8 Å². The van der Waals surface area contributed by atoms with E-state index in [1.165, 1.54) is 0 Å². The number of carbonyl (C=O) groups is 1. The van der Waals surface area contributed by atoms with Crippen LogP contribution in [0.4, 0.5) is 11.5 Å². The van der Waals surface area contributed by atoms with E-state index in [0.717, 1.165) is 18.7 Å². The van der Waals surface area contributed by atoms with Gasteiger partial charge in [-0.25, -0.2) is 4.98 Å². The van der Waals surface area contributed by atoms with Crippen molar-refractivity contribution in [3.05, 3.63) is 42.1 Å². The van der Waals surface area contributed by atoms with Gasteiger partial charge in [0.2, 0.25) is 0 Å². The van der Waals surface area contributed by atoms with E-state index in [2.05, 4.69) is 17.2 Å². The zero-order valence-electron chi connectivity index (χ0n) is 15.2. The predicted octanol–water partition coefficient (Wildman–Crippen LogP) is 3.59. The number of hydrogen-bond acceptors (Lipinski definition) is 5. The van der Waals surface area contributed by atoms with E-state index in [-0.39, 0.29) is 5.91 Å². The van der Waals surface area contributed by atoms with Crippen molar-refractivity contribution in [2.75, 3.05) is 38.0 Å². The first-order valence-corrected chi connectivity index (χ1v) is 8.30. The molecule has 0 saturated heterocycles. The van der Waals surface area contributed by atoms with E-state index < -0.39 is 0 Å². The number of aromatic nitrogens is 1. The highest BCUT2D eigenvalue weighted by Gasteiger charge is 2.12. The van der Waals surface area contributed by atoms with E-state index in [1.54, 1.807) is 31.5 Å². The third-order valence-electron chi connectivity index (χ3n) is 3.65. The van der Waals surface area contributed by atoms with Gasteiger partial charge in [-0.2, -0.15) is 0 Å². The molecule has 2 rings (SSSR count). The third-order valence-corrected chi connectivity index (χ3v) is 3.65. The van der Waals surface area contributed by atoms with Crippen LogP contribution in [-0.2, 0) is 0 Å². The third kappa shape index (κ3) is 5.11. The molecule has 1 aromatic heterocycles. The molecule has 6 nitrogen and oxygen atoms in total. The Bertz CT molecular complexity index is 700. The fourth-order valence-corrected chi connectivity index (χ4v) is 2.18. The molecule has 0 spiro atoms. The minimum atomic E-state index is -0.224. The SMILES string of the molecule is CCCCOc1ccc(C(=O)Nc2ccc(N(C)C)nc2)cc1OC. The van der Waals surface area contributed by atoms with Crippen LogP contribution in [0.5, 0.6) is 11.5 Å². The van der Waals surface area contributed by atoms with Crippen LogP contribution in [0, 0.1) is 0 Å². The molecule has 0 aliphatic rings. The Morgan fingerprint density at radius 3 is 2.60 bits per heavy atom. The zero-order valence-corrected chi connectivity index (χ0v) is 15.2. The number of pyridine rings is 1. The largest absolute Gasteiger partial charge is 0.493 e. The van der Waals surface area contributed by atoms with Crippen LogP contribution in [0.1, 0.15) is 30.1 Å². The lowest BCUT2D eigenvalue weighted by atomic mass is 10.2. The number of rotatable bonds is 8. The summed E-state index contributed by atoms with van der Waals surface area (Å²) in [5.74, 6) is 1.79. The number of hydrogen-bond donors (Lipinski definition) is 1. The predicted molar refractivity (Wildman–Crippen MR) is 99.9 cm³/mol. The first-order chi connectivity index (χ1) is 12.0. The van der Waals surface area contributed by atoms with Crippen molar-refractivity contribution >= 4 is 17.4 Å². The Balaban J connectivity index is 2.08. The van der Waals surface area contributed by atoms with Crippen molar-refractivity contribution in [3.63, 3.8) is 0 Å². The molecule has 1 aromatic carbocycles. The lowest BCUT2D eigenvalue weighted by molar-refractivity contribution is 0.102. The second kappa shape index (κ2) is 8.92. The van der Waals surface area contributed by atoms with Gasteiger partial charge in [0, 0.05) is 19.7 Å². The molecule has 2 aromatic rings. The van der Waals surface area contributed by atoms with E-state index in [1.807, 2.05) is 31.1 Å². The van der Waals surface area contributed by atoms with Crippen LogP contribution in [0.15, 0.2) is 36.5 Å². The number of ether oxygens (including phenoxy) is 2. The van der Waals surface area contributed by atoms with Gasteiger partial charge in [0.05, 0.1) is 25.6 Å². The van der Waals surface area contributed by atoms with E-state index in [9.17, 15) is 4.79 Å². The maximum Gasteiger partial charge on any atom is 0.255 e. The van der Waals surface area contributed by atoms with Gasteiger partial charge < -0.3 is 19.7 Å². The lowest BCUT2D eigenvalue weighted by Crippen LogP contribution is -2.14. The summed E-state index contributed by atoms with van der Waals surface area (Å²) >= 11 is 0. The van der Waals surface area contributed by atoms with Crippen molar-refractivity contribution in [1.82, 2.24) is 4.98 Å². The van der Waals surface area contributed by atoms with E-state index >= 15 is 0 Å². The number of amides is 1. The highest BCUT2D eigenvalue weighted by molar-refractivity contribution is 6.04. The molecule has 0 unspecified atom stereocenters. The highest BCUT2D eigenvalue weighted by atomic mass is 16.5. The molecule has 0 aliphatic carbocycles. The summed E-state index contributed by atoms with van der Waals surface area (Å²) in [6, 6.07) is 8.83. The number of anilines is 2. The second-order valence-corrected chi connectivity index (χ2v) is 5.82. The molecule has 1 amide bonds. The number of nitrogens with zero attached hydrogens (tertiary/aromatic N) is 2. The molecular formula is C19H25N3O3. The van der Waals surface area contributed by atoms with E-state index in [0.29, 0.717) is 29.4 Å². The Morgan fingerprint density at radius 2 is 2.00 bits per heavy atom. The van der Waals surface area contributed by atoms with Crippen LogP contribution >= 0.6 is 0 Å². The topological polar surface area (TPSA) is 63.7 Å². The van der Waals surface area contributed by atoms with Gasteiger partial charge in [0.25, 0.3) is 5.91 Å². The molecule has 0 aliphatic heterocycles. The highest BCUT2D eigenvalue weighted by Crippen LogP contribution is 2.28. The monoisotopic (exact) mass is 343 g/mol. The summed E-state index contributed by atoms with van der Waals surface area (Å²) in [6.45, 7) is 2.73. The maximum absolute atomic E-state index is 12.4. The number of carbonyl (C=O) groups excluding carboxylic acids is 1. The van der Waals surface area contributed by atoms with Crippen LogP contribution < -0.4 is 19.7 Å². The average molecular weight is 343 g/mol. The maximum atomic E-state index is 12.4. The molecule has 0 radical (unpaired) electrons. The van der Waals surface area contributed by atoms with Crippen molar-refractivity contribution in [1.29, 1.82) is 0 Å². The number of nitrogens with one attached hydrogen (secondary N) is 1. The summed E-state index contributed by atoms with van der Waals surface area (Å²) in [5, 5.41) is 2.83. The Kier molecular flexibility index (Phi) is 6.62. The molecule has 0 atom stereocenters. The summed E-state index contributed by atoms with van der Waals surface area (Å²) in [5.41, 5.74) is 1.13. The average Bonchev–Trinajstić information content (AvgIpc) is 2.62. The molecule has 6 heteroatoms. The van der Waals surface area contributed by atoms with Crippen molar-refractivity contribution in [2.24, 2.45) is 0 Å². The minimum absolute atomic E-state index is 0.224. The molecular weight excluding hydrogens is 318 g/mol. The van der Waals surface area contributed by atoms with Crippen molar-refractivity contribution < 1.29 is 14.3 Å². The normalized spacial score (nSPS) is 10.2. The molecule has 0 fully saturated rings. The fourth-order valence-electron chi connectivity index (χ4n) is 2.18. The van der Waals surface area contributed by atoms with Crippen LogP contribution in [0.2, 0.25) is 0 Å². The number of benzene rings is 1. The molecule has 0 bridgehead atoms. The summed E-state index contributed by atoms with van der Waals surface area (Å²) in [7, 11) is 5.39. The Hall–Kier alpha value is -2.76. The molecule has 134 valence electrons. The smallest absolute Gasteiger partial charge is 0.255 e. The van der Waals surface area contributed by atoms with Crippen LogP contribution in [-0.4, -0.2) is 38.7 Å². The van der Waals surface area contributed by atoms with Gasteiger partial charge in [0.1, 0.15) is 5.82 Å². The first-order valence-electron chi connectivity index (χ1n) is 8.30. The molecule has 1 heterocycles. The summed E-state index contributed by atoms with van der Waals surface area (Å²) in [4.78, 5) is 18.6. The minimum Gasteiger partial charge on any atom is -0.493 e. The van der Waals surface area contributed by atoms with Gasteiger partial charge >= 0.3 is 0 Å². The standard InChI is InChI=1S/C19H25N3O3/c1-5-6-11-25-16-9-7-14(12-17(16)24-4)19(23)21-15-8-10-18(20-13-15)22(2)3/h7-10,12-13H,5-6,11H2,1-4H3,(H,21,23). The first kappa shape index (κ1) is 18.6. The van der Waals surface area contributed by atoms with Gasteiger partial charge in [-0.3, -0.25) is 4.79 Å². The Morgan fingerprint density at radius 1 is 1.20 bits per heavy atom. The lowest BCUT2D eigenvalue weighted by Gasteiger charge is -2.13. The Labute approximate surface area is 148 Å². The molecule has 25 heavy (non-hydrogen) atoms. The van der Waals surface area contributed by atoms with Gasteiger partial charge in [-0.1, -0.05) is 13.3 Å². The second-order valence-electron chi connectivity index (χ2n) is 5.82. The number of unbranched alkanes of at least 4 members (excludes halogenated alkanes) is 1. The van der Waals surface area contributed by atoms with Crippen LogP contribution in [0.3, 0.4) is 0 Å². The van der Waals surface area contributed by atoms with Crippen molar-refractivity contribution in [3.8, 4) is 11.5 Å². The van der Waals surface area contributed by atoms with Gasteiger partial charge in [0.15, 0.2) is 11.5 Å². The fraction of sp³-hybridized carbons (Fsp3) is 0.368. The molecule has 1 N–H and O–H groups in total. The summed E-state index contributed by atoms with van der Waals surface area (Å²) in [6.07, 6.45) is 3.66. The summed E-state index contributed by atoms with van der Waals surface area (Å²) < 4.78 is 11.0. The van der Waals surface area contributed by atoms with Crippen molar-refractivity contribution in [2.45, 2.75) is 19.8 Å². The zero-order chi connectivity index (χ0) is 18.2. The molecule has 0 saturated carbocycles. The van der Waals surface area contributed by atoms with Gasteiger partial charge in [-0.15, -0.1) is 0 Å².